The maximum Gasteiger partial charge on any atom is 0.0584 e. The van der Waals surface area contributed by atoms with Crippen LogP contribution in [-0.2, 0) is 0 Å². The molecule has 0 aliphatic heterocycles. The third-order valence-corrected chi connectivity index (χ3v) is 2.39. The fourth-order valence-electron chi connectivity index (χ4n) is 0.846. The van der Waals surface area contributed by atoms with Gasteiger partial charge in [0.1, 0.15) is 0 Å². The van der Waals surface area contributed by atoms with Crippen LogP contribution in [0.25, 0.3) is 0 Å². The minimum absolute atomic E-state index is 0.242. The smallest absolute Gasteiger partial charge is 0.0584 e. The standard InChI is InChI=1S/C9H22N2O/c1-5-10(3)6-7-11(4)9(2)8-12/h9,12H,5-8H2,1-4H3. The van der Waals surface area contributed by atoms with Gasteiger partial charge in [-0.05, 0) is 27.6 Å². The minimum Gasteiger partial charge on any atom is -0.395 e. The number of hydrogen-bond acceptors (Lipinski definition) is 3. The van der Waals surface area contributed by atoms with Gasteiger partial charge < -0.3 is 14.9 Å². The lowest BCUT2D eigenvalue weighted by Crippen LogP contribution is -2.37. The van der Waals surface area contributed by atoms with Crippen molar-refractivity contribution in [3.63, 3.8) is 0 Å². The Kier molecular flexibility index (Phi) is 6.34. The van der Waals surface area contributed by atoms with Gasteiger partial charge in [0, 0.05) is 19.1 Å². The van der Waals surface area contributed by atoms with Gasteiger partial charge in [-0.25, -0.2) is 0 Å². The van der Waals surface area contributed by atoms with E-state index in [0.29, 0.717) is 0 Å². The van der Waals surface area contributed by atoms with Crippen molar-refractivity contribution < 1.29 is 5.11 Å². The van der Waals surface area contributed by atoms with E-state index in [1.807, 2.05) is 14.0 Å². The van der Waals surface area contributed by atoms with Gasteiger partial charge >= 0.3 is 0 Å². The summed E-state index contributed by atoms with van der Waals surface area (Å²) in [5.74, 6) is 0. The Morgan fingerprint density at radius 3 is 2.25 bits per heavy atom. The summed E-state index contributed by atoms with van der Waals surface area (Å²) in [6.07, 6.45) is 0. The Hall–Kier alpha value is -0.120. The van der Waals surface area contributed by atoms with Crippen LogP contribution < -0.4 is 0 Å². The van der Waals surface area contributed by atoms with E-state index in [1.165, 1.54) is 0 Å². The average Bonchev–Trinajstić information content (AvgIpc) is 2.11. The zero-order valence-corrected chi connectivity index (χ0v) is 8.75. The molecule has 12 heavy (non-hydrogen) atoms. The van der Waals surface area contributed by atoms with Crippen LogP contribution in [0.5, 0.6) is 0 Å². The molecule has 0 aromatic heterocycles. The highest BCUT2D eigenvalue weighted by molar-refractivity contribution is 4.62. The lowest BCUT2D eigenvalue weighted by atomic mass is 10.3. The summed E-state index contributed by atoms with van der Waals surface area (Å²) in [6, 6.07) is 0.273. The Morgan fingerprint density at radius 2 is 1.83 bits per heavy atom. The SMILES string of the molecule is CCN(C)CCN(C)C(C)CO. The first-order valence-corrected chi connectivity index (χ1v) is 4.61. The summed E-state index contributed by atoms with van der Waals surface area (Å²) in [5, 5.41) is 8.87. The molecule has 74 valence electrons. The van der Waals surface area contributed by atoms with E-state index in [-0.39, 0.29) is 12.6 Å². The van der Waals surface area contributed by atoms with Crippen molar-refractivity contribution in [2.75, 3.05) is 40.3 Å². The van der Waals surface area contributed by atoms with Gasteiger partial charge in [0.2, 0.25) is 0 Å². The second-order valence-corrected chi connectivity index (χ2v) is 3.41. The molecule has 0 saturated heterocycles. The predicted molar refractivity (Wildman–Crippen MR) is 52.3 cm³/mol. The molecule has 0 bridgehead atoms. The van der Waals surface area contributed by atoms with Crippen LogP contribution in [0.15, 0.2) is 0 Å². The molecule has 0 rings (SSSR count). The lowest BCUT2D eigenvalue weighted by molar-refractivity contribution is 0.147. The van der Waals surface area contributed by atoms with Crippen LogP contribution in [0.4, 0.5) is 0 Å². The van der Waals surface area contributed by atoms with Crippen LogP contribution in [0.2, 0.25) is 0 Å². The molecule has 0 fully saturated rings. The zero-order valence-electron chi connectivity index (χ0n) is 8.75. The van der Waals surface area contributed by atoms with Crippen molar-refractivity contribution in [1.29, 1.82) is 0 Å². The van der Waals surface area contributed by atoms with E-state index in [9.17, 15) is 0 Å². The summed E-state index contributed by atoms with van der Waals surface area (Å²) in [5.41, 5.74) is 0. The van der Waals surface area contributed by atoms with Crippen LogP contribution in [0.3, 0.4) is 0 Å². The lowest BCUT2D eigenvalue weighted by Gasteiger charge is -2.25. The molecule has 0 radical (unpaired) electrons. The highest BCUT2D eigenvalue weighted by Crippen LogP contribution is 1.93. The molecule has 0 aromatic rings. The molecule has 3 heteroatoms. The van der Waals surface area contributed by atoms with E-state index in [0.717, 1.165) is 19.6 Å². The Morgan fingerprint density at radius 1 is 1.25 bits per heavy atom. The van der Waals surface area contributed by atoms with Crippen molar-refractivity contribution in [2.24, 2.45) is 0 Å². The average molecular weight is 174 g/mol. The van der Waals surface area contributed by atoms with Crippen molar-refractivity contribution in [1.82, 2.24) is 9.80 Å². The normalized spacial score (nSPS) is 14.2. The van der Waals surface area contributed by atoms with Crippen molar-refractivity contribution in [3.05, 3.63) is 0 Å². The monoisotopic (exact) mass is 174 g/mol. The molecule has 0 aromatic carbocycles. The van der Waals surface area contributed by atoms with Crippen molar-refractivity contribution in [3.8, 4) is 0 Å². The zero-order chi connectivity index (χ0) is 9.56. The van der Waals surface area contributed by atoms with Crippen molar-refractivity contribution in [2.45, 2.75) is 19.9 Å². The summed E-state index contributed by atoms with van der Waals surface area (Å²) >= 11 is 0. The molecule has 0 heterocycles. The van der Waals surface area contributed by atoms with Gasteiger partial charge in [0.15, 0.2) is 0 Å². The number of likely N-dealkylation sites (N-methyl/N-ethyl adjacent to an activating group) is 2. The maximum absolute atomic E-state index is 8.87. The summed E-state index contributed by atoms with van der Waals surface area (Å²) in [6.45, 7) is 7.60. The fraction of sp³-hybridized carbons (Fsp3) is 1.00. The molecular formula is C9H22N2O. The quantitative estimate of drug-likeness (QED) is 0.625. The van der Waals surface area contributed by atoms with E-state index in [4.69, 9.17) is 5.11 Å². The van der Waals surface area contributed by atoms with Gasteiger partial charge in [-0.3, -0.25) is 0 Å². The fourth-order valence-corrected chi connectivity index (χ4v) is 0.846. The minimum atomic E-state index is 0.242. The van der Waals surface area contributed by atoms with E-state index < -0.39 is 0 Å². The van der Waals surface area contributed by atoms with E-state index in [2.05, 4.69) is 23.8 Å². The molecular weight excluding hydrogens is 152 g/mol. The van der Waals surface area contributed by atoms with Gasteiger partial charge in [0.25, 0.3) is 0 Å². The van der Waals surface area contributed by atoms with Crippen LogP contribution in [0.1, 0.15) is 13.8 Å². The highest BCUT2D eigenvalue weighted by Gasteiger charge is 2.07. The Balaban J connectivity index is 3.49. The molecule has 1 unspecified atom stereocenters. The first kappa shape index (κ1) is 11.9. The maximum atomic E-state index is 8.87. The molecule has 0 aliphatic rings. The molecule has 3 nitrogen and oxygen atoms in total. The Labute approximate surface area is 76.0 Å². The number of aliphatic hydroxyl groups excluding tert-OH is 1. The second kappa shape index (κ2) is 6.40. The third-order valence-electron chi connectivity index (χ3n) is 2.39. The van der Waals surface area contributed by atoms with Crippen LogP contribution in [-0.4, -0.2) is 61.3 Å². The summed E-state index contributed by atoms with van der Waals surface area (Å²) in [4.78, 5) is 4.44. The van der Waals surface area contributed by atoms with Gasteiger partial charge in [-0.15, -0.1) is 0 Å². The number of nitrogens with zero attached hydrogens (tertiary/aromatic N) is 2. The molecule has 0 spiro atoms. The van der Waals surface area contributed by atoms with Gasteiger partial charge in [0.05, 0.1) is 6.61 Å². The van der Waals surface area contributed by atoms with E-state index in [1.54, 1.807) is 0 Å². The predicted octanol–water partition coefficient (Wildman–Crippen LogP) is 0.251. The molecule has 0 saturated carbocycles. The largest absolute Gasteiger partial charge is 0.395 e. The first-order valence-electron chi connectivity index (χ1n) is 4.61. The van der Waals surface area contributed by atoms with Crippen LogP contribution >= 0.6 is 0 Å². The highest BCUT2D eigenvalue weighted by atomic mass is 16.3. The summed E-state index contributed by atoms with van der Waals surface area (Å²) in [7, 11) is 4.15. The molecule has 0 aliphatic carbocycles. The van der Waals surface area contributed by atoms with Gasteiger partial charge in [-0.2, -0.15) is 0 Å². The molecule has 1 atom stereocenters. The number of aliphatic hydroxyl groups is 1. The Bertz CT molecular complexity index is 109. The van der Waals surface area contributed by atoms with Crippen molar-refractivity contribution >= 4 is 0 Å². The summed E-state index contributed by atoms with van der Waals surface area (Å²) < 4.78 is 0. The molecule has 1 N–H and O–H groups in total. The van der Waals surface area contributed by atoms with Gasteiger partial charge in [-0.1, -0.05) is 6.92 Å². The topological polar surface area (TPSA) is 26.7 Å². The number of rotatable bonds is 6. The number of hydrogen-bond donors (Lipinski definition) is 1. The third kappa shape index (κ3) is 4.70. The first-order chi connectivity index (χ1) is 5.61. The second-order valence-electron chi connectivity index (χ2n) is 3.41. The molecule has 0 amide bonds. The van der Waals surface area contributed by atoms with Crippen LogP contribution in [0, 0.1) is 0 Å². The van der Waals surface area contributed by atoms with E-state index >= 15 is 0 Å².